The van der Waals surface area contributed by atoms with E-state index >= 15 is 0 Å². The molecule has 0 aliphatic rings. The van der Waals surface area contributed by atoms with E-state index in [2.05, 4.69) is 162 Å². The average molecular weight is 587 g/mol. The van der Waals surface area contributed by atoms with Crippen molar-refractivity contribution in [3.63, 3.8) is 0 Å². The molecule has 46 heavy (non-hydrogen) atoms. The predicted octanol–water partition coefficient (Wildman–Crippen LogP) is 11.8. The van der Waals surface area contributed by atoms with Crippen molar-refractivity contribution < 1.29 is 0 Å². The summed E-state index contributed by atoms with van der Waals surface area (Å²) in [5.74, 6) is 0. The Balaban J connectivity index is 1.24. The minimum absolute atomic E-state index is 0.985. The zero-order valence-electron chi connectivity index (χ0n) is 25.5. The average Bonchev–Trinajstić information content (AvgIpc) is 3.46. The first-order valence-electron chi connectivity index (χ1n) is 15.8. The number of fused-ring (bicyclic) bond motifs is 5. The summed E-state index contributed by atoms with van der Waals surface area (Å²) in [6, 6.07) is 57.2. The molecule has 0 saturated carbocycles. The summed E-state index contributed by atoms with van der Waals surface area (Å²) >= 11 is 0. The van der Waals surface area contributed by atoms with E-state index in [4.69, 9.17) is 0 Å². The van der Waals surface area contributed by atoms with Gasteiger partial charge in [0.2, 0.25) is 0 Å². The van der Waals surface area contributed by atoms with Gasteiger partial charge < -0.3 is 4.57 Å². The van der Waals surface area contributed by atoms with E-state index in [1.165, 1.54) is 71.2 Å². The lowest BCUT2D eigenvalue weighted by Crippen LogP contribution is -1.95. The molecular weight excluding hydrogens is 556 g/mol. The van der Waals surface area contributed by atoms with Crippen LogP contribution < -0.4 is 0 Å². The number of para-hydroxylation sites is 2. The molecule has 2 nitrogen and oxygen atoms in total. The van der Waals surface area contributed by atoms with E-state index < -0.39 is 0 Å². The van der Waals surface area contributed by atoms with Gasteiger partial charge in [-0.05, 0) is 87.1 Å². The Hall–Kier alpha value is -5.99. The maximum Gasteiger partial charge on any atom is 0.0701 e. The fraction of sp³-hybridized carbons (Fsp3) is 0.0227. The number of hydrogen-bond donors (Lipinski definition) is 0. The maximum atomic E-state index is 4.56. The molecule has 0 radical (unpaired) electrons. The largest absolute Gasteiger partial charge is 0.309 e. The molecule has 0 N–H and O–H groups in total. The Morgan fingerprint density at radius 1 is 0.413 bits per heavy atom. The van der Waals surface area contributed by atoms with Crippen molar-refractivity contribution in [3.05, 3.63) is 169 Å². The smallest absolute Gasteiger partial charge is 0.0701 e. The van der Waals surface area contributed by atoms with Crippen LogP contribution in [0, 0.1) is 6.92 Å². The summed E-state index contributed by atoms with van der Waals surface area (Å²) in [5.41, 5.74) is 11.9. The van der Waals surface area contributed by atoms with Crippen LogP contribution in [0.1, 0.15) is 5.56 Å². The summed E-state index contributed by atoms with van der Waals surface area (Å²) in [4.78, 5) is 4.56. The van der Waals surface area contributed by atoms with Crippen LogP contribution in [0.2, 0.25) is 0 Å². The Kier molecular flexibility index (Phi) is 6.07. The Bertz CT molecular complexity index is 2500. The van der Waals surface area contributed by atoms with E-state index in [1.54, 1.807) is 0 Å². The topological polar surface area (TPSA) is 17.8 Å². The molecule has 0 aliphatic heterocycles. The lowest BCUT2D eigenvalue weighted by atomic mass is 9.85. The minimum atomic E-state index is 0.985. The number of hydrogen-bond acceptors (Lipinski definition) is 1. The summed E-state index contributed by atoms with van der Waals surface area (Å²) < 4.78 is 2.38. The van der Waals surface area contributed by atoms with Crippen molar-refractivity contribution in [1.29, 1.82) is 0 Å². The van der Waals surface area contributed by atoms with E-state index in [0.717, 1.165) is 16.9 Å². The molecule has 0 aliphatic carbocycles. The monoisotopic (exact) mass is 586 g/mol. The molecule has 0 saturated heterocycles. The third-order valence-electron chi connectivity index (χ3n) is 9.31. The summed E-state index contributed by atoms with van der Waals surface area (Å²) in [6.45, 7) is 2.19. The summed E-state index contributed by atoms with van der Waals surface area (Å²) in [6.07, 6.45) is 1.85. The molecule has 0 unspecified atom stereocenters. The number of rotatable bonds is 4. The SMILES string of the molecule is Cc1ccc2c(-c3ccc(-c4ccccn4)cc3)c3ccccc3c(-c3ccc(-n4c5ccccc5c5ccccc54)cc3)c2c1. The lowest BCUT2D eigenvalue weighted by Gasteiger charge is -2.19. The van der Waals surface area contributed by atoms with Gasteiger partial charge in [-0.15, -0.1) is 0 Å². The van der Waals surface area contributed by atoms with Gasteiger partial charge in [0.05, 0.1) is 16.7 Å². The van der Waals surface area contributed by atoms with Crippen molar-refractivity contribution in [2.24, 2.45) is 0 Å². The van der Waals surface area contributed by atoms with Crippen LogP contribution in [0.4, 0.5) is 0 Å². The Morgan fingerprint density at radius 2 is 0.913 bits per heavy atom. The molecule has 0 atom stereocenters. The van der Waals surface area contributed by atoms with Gasteiger partial charge in [-0.3, -0.25) is 4.98 Å². The van der Waals surface area contributed by atoms with Gasteiger partial charge in [0.25, 0.3) is 0 Å². The standard InChI is InChI=1S/C44H30N2/c1-29-17-26-38-39(28-29)44(32-22-24-33(25-23-32)46-41-15-6-4-10-34(41)35-11-5-7-16-42(35)46)37-13-3-2-12-36(37)43(38)31-20-18-30(19-21-31)40-14-8-9-27-45-40/h2-28H,1H3. The molecule has 9 rings (SSSR count). The molecule has 0 fully saturated rings. The molecular formula is C44H30N2. The first-order chi connectivity index (χ1) is 22.7. The summed E-state index contributed by atoms with van der Waals surface area (Å²) in [7, 11) is 0. The van der Waals surface area contributed by atoms with Crippen LogP contribution in [-0.2, 0) is 0 Å². The fourth-order valence-electron chi connectivity index (χ4n) is 7.23. The second kappa shape index (κ2) is 10.6. The van der Waals surface area contributed by atoms with Crippen LogP contribution in [0.25, 0.3) is 82.5 Å². The quantitative estimate of drug-likeness (QED) is 0.188. The highest BCUT2D eigenvalue weighted by Gasteiger charge is 2.18. The Labute approximate surface area is 267 Å². The fourth-order valence-corrected chi connectivity index (χ4v) is 7.23. The van der Waals surface area contributed by atoms with Crippen molar-refractivity contribution in [2.75, 3.05) is 0 Å². The zero-order chi connectivity index (χ0) is 30.6. The molecule has 9 aromatic rings. The molecule has 0 amide bonds. The number of nitrogens with zero attached hydrogens (tertiary/aromatic N) is 2. The second-order valence-electron chi connectivity index (χ2n) is 12.1. The highest BCUT2D eigenvalue weighted by molar-refractivity contribution is 6.21. The minimum Gasteiger partial charge on any atom is -0.309 e. The van der Waals surface area contributed by atoms with E-state index in [0.29, 0.717) is 0 Å². The van der Waals surface area contributed by atoms with E-state index in [9.17, 15) is 0 Å². The highest BCUT2D eigenvalue weighted by Crippen LogP contribution is 2.44. The normalized spacial score (nSPS) is 11.6. The van der Waals surface area contributed by atoms with Crippen molar-refractivity contribution in [3.8, 4) is 39.2 Å². The van der Waals surface area contributed by atoms with E-state index in [1.807, 2.05) is 18.3 Å². The van der Waals surface area contributed by atoms with E-state index in [-0.39, 0.29) is 0 Å². The molecule has 0 spiro atoms. The van der Waals surface area contributed by atoms with Crippen LogP contribution >= 0.6 is 0 Å². The second-order valence-corrected chi connectivity index (χ2v) is 12.1. The number of aryl methyl sites for hydroxylation is 1. The predicted molar refractivity (Wildman–Crippen MR) is 195 cm³/mol. The van der Waals surface area contributed by atoms with Crippen LogP contribution in [0.15, 0.2) is 164 Å². The molecule has 7 aromatic carbocycles. The highest BCUT2D eigenvalue weighted by atomic mass is 15.0. The number of aromatic nitrogens is 2. The molecule has 0 bridgehead atoms. The first kappa shape index (κ1) is 26.4. The first-order valence-corrected chi connectivity index (χ1v) is 15.8. The van der Waals surface area contributed by atoms with Crippen LogP contribution in [0.3, 0.4) is 0 Å². The van der Waals surface area contributed by atoms with Gasteiger partial charge in [0.15, 0.2) is 0 Å². The molecule has 216 valence electrons. The molecule has 2 aromatic heterocycles. The molecule has 2 heterocycles. The van der Waals surface area contributed by atoms with Crippen LogP contribution in [-0.4, -0.2) is 9.55 Å². The van der Waals surface area contributed by atoms with Gasteiger partial charge in [0, 0.05) is 28.2 Å². The van der Waals surface area contributed by atoms with Crippen LogP contribution in [0.5, 0.6) is 0 Å². The van der Waals surface area contributed by atoms with Gasteiger partial charge in [-0.25, -0.2) is 0 Å². The van der Waals surface area contributed by atoms with Gasteiger partial charge in [-0.1, -0.05) is 127 Å². The third-order valence-corrected chi connectivity index (χ3v) is 9.31. The van der Waals surface area contributed by atoms with Gasteiger partial charge >= 0.3 is 0 Å². The molecule has 2 heteroatoms. The van der Waals surface area contributed by atoms with Crippen molar-refractivity contribution in [2.45, 2.75) is 6.92 Å². The zero-order valence-corrected chi connectivity index (χ0v) is 25.5. The van der Waals surface area contributed by atoms with Crippen molar-refractivity contribution in [1.82, 2.24) is 9.55 Å². The van der Waals surface area contributed by atoms with Crippen molar-refractivity contribution >= 4 is 43.4 Å². The number of pyridine rings is 1. The third kappa shape index (κ3) is 4.15. The summed E-state index contributed by atoms with van der Waals surface area (Å²) in [5, 5.41) is 7.60. The van der Waals surface area contributed by atoms with Gasteiger partial charge in [-0.2, -0.15) is 0 Å². The number of benzene rings is 7. The lowest BCUT2D eigenvalue weighted by molar-refractivity contribution is 1.18. The van der Waals surface area contributed by atoms with Gasteiger partial charge in [0.1, 0.15) is 0 Å². The Morgan fingerprint density at radius 3 is 1.52 bits per heavy atom. The maximum absolute atomic E-state index is 4.56.